The fraction of sp³-hybridized carbons (Fsp3) is 0.625. The molecule has 6 atom stereocenters. The van der Waals surface area contributed by atoms with Gasteiger partial charge in [-0.15, -0.1) is 11.8 Å². The van der Waals surface area contributed by atoms with Crippen molar-refractivity contribution in [3.8, 4) is 5.75 Å². The van der Waals surface area contributed by atoms with Gasteiger partial charge in [-0.05, 0) is 85.1 Å². The maximum atomic E-state index is 13.1. The van der Waals surface area contributed by atoms with Gasteiger partial charge in [-0.2, -0.15) is 0 Å². The van der Waals surface area contributed by atoms with E-state index in [1.807, 2.05) is 17.8 Å². The number of hydrogen-bond donors (Lipinski definition) is 2. The maximum absolute atomic E-state index is 13.1. The van der Waals surface area contributed by atoms with Gasteiger partial charge in [0.1, 0.15) is 5.75 Å². The number of aryl methyl sites for hydroxylation is 1. The molecule has 1 saturated heterocycles. The molecule has 2 aliphatic carbocycles. The van der Waals surface area contributed by atoms with Crippen LogP contribution >= 0.6 is 11.8 Å². The van der Waals surface area contributed by atoms with Crippen LogP contribution in [0.3, 0.4) is 0 Å². The molecule has 2 N–H and O–H groups in total. The van der Waals surface area contributed by atoms with E-state index < -0.39 is 6.10 Å². The van der Waals surface area contributed by atoms with Crippen molar-refractivity contribution < 1.29 is 19.4 Å². The lowest BCUT2D eigenvalue weighted by molar-refractivity contribution is -0.126. The van der Waals surface area contributed by atoms with Gasteiger partial charge in [0, 0.05) is 31.0 Å². The minimum atomic E-state index is -0.651. The molecular weight excluding hydrogens is 508 g/mol. The zero-order valence-corrected chi connectivity index (χ0v) is 25.3. The first-order valence-corrected chi connectivity index (χ1v) is 15.5. The number of likely N-dealkylation sites (N-methyl/N-ethyl adjacent to an activating group) is 1. The molecule has 0 saturated carbocycles. The van der Waals surface area contributed by atoms with Crippen LogP contribution in [0.25, 0.3) is 0 Å². The molecule has 1 aromatic carbocycles. The number of ether oxygens (including phenoxy) is 1. The van der Waals surface area contributed by atoms with E-state index >= 15 is 0 Å². The van der Waals surface area contributed by atoms with Crippen LogP contribution in [-0.4, -0.2) is 59.8 Å². The van der Waals surface area contributed by atoms with E-state index in [2.05, 4.69) is 43.1 Å². The fourth-order valence-corrected chi connectivity index (χ4v) is 8.74. The van der Waals surface area contributed by atoms with Crippen LogP contribution in [0, 0.1) is 17.8 Å². The molecule has 0 spiro atoms. The quantitative estimate of drug-likeness (QED) is 0.387. The molecule has 3 aliphatic rings. The average molecular weight is 555 g/mol. The third kappa shape index (κ3) is 6.15. The second kappa shape index (κ2) is 13.0. The smallest absolute Gasteiger partial charge is 0.237 e. The van der Waals surface area contributed by atoms with Gasteiger partial charge in [0.05, 0.1) is 25.2 Å². The zero-order chi connectivity index (χ0) is 28.3. The summed E-state index contributed by atoms with van der Waals surface area (Å²) in [5.74, 6) is 1.08. The molecule has 39 heavy (non-hydrogen) atoms. The van der Waals surface area contributed by atoms with Gasteiger partial charge >= 0.3 is 0 Å². The van der Waals surface area contributed by atoms with Crippen molar-refractivity contribution >= 4 is 23.5 Å². The monoisotopic (exact) mass is 554 g/mol. The van der Waals surface area contributed by atoms with Gasteiger partial charge < -0.3 is 15.2 Å². The number of aliphatic hydroxyl groups excluding tert-OH is 1. The molecule has 7 heteroatoms. The third-order valence-electron chi connectivity index (χ3n) is 8.92. The second-order valence-electron chi connectivity index (χ2n) is 11.5. The summed E-state index contributed by atoms with van der Waals surface area (Å²) in [6, 6.07) is 6.04. The first-order chi connectivity index (χ1) is 18.7. The SMILES string of the molecule is CCCc1cccc(OC)c1CN1CC(SC2=C(C)C3=CC(=O)C(C(C)O)C(C3)C2CCC)CC1C(=O)NC. The number of methoxy groups -OCH3 is 1. The maximum Gasteiger partial charge on any atom is 0.237 e. The lowest BCUT2D eigenvalue weighted by Gasteiger charge is -2.43. The summed E-state index contributed by atoms with van der Waals surface area (Å²) in [5, 5.41) is 13.7. The summed E-state index contributed by atoms with van der Waals surface area (Å²) in [6.45, 7) is 9.80. The number of hydrogen-bond acceptors (Lipinski definition) is 6. The van der Waals surface area contributed by atoms with Crippen LogP contribution in [-0.2, 0) is 22.6 Å². The Morgan fingerprint density at radius 1 is 1.28 bits per heavy atom. The normalized spacial score (nSPS) is 27.9. The van der Waals surface area contributed by atoms with E-state index in [1.54, 1.807) is 27.2 Å². The van der Waals surface area contributed by atoms with Gasteiger partial charge in [-0.25, -0.2) is 0 Å². The summed E-state index contributed by atoms with van der Waals surface area (Å²) in [7, 11) is 3.44. The summed E-state index contributed by atoms with van der Waals surface area (Å²) in [6.07, 6.45) is 6.85. The number of aliphatic hydroxyl groups is 1. The first-order valence-electron chi connectivity index (χ1n) is 14.6. The number of allylic oxidation sites excluding steroid dienone is 4. The molecule has 1 fully saturated rings. The van der Waals surface area contributed by atoms with E-state index in [-0.39, 0.29) is 40.7 Å². The Balaban J connectivity index is 1.63. The van der Waals surface area contributed by atoms with Gasteiger partial charge in [0.2, 0.25) is 5.91 Å². The molecule has 0 aromatic heterocycles. The van der Waals surface area contributed by atoms with Crippen molar-refractivity contribution in [2.45, 2.75) is 90.2 Å². The average Bonchev–Trinajstić information content (AvgIpc) is 3.31. The van der Waals surface area contributed by atoms with Crippen molar-refractivity contribution in [3.05, 3.63) is 51.5 Å². The minimum absolute atomic E-state index is 0.0591. The number of amides is 1. The number of benzene rings is 1. The predicted octanol–water partition coefficient (Wildman–Crippen LogP) is 5.29. The fourth-order valence-electron chi connectivity index (χ4n) is 7.06. The lowest BCUT2D eigenvalue weighted by atomic mass is 9.64. The topological polar surface area (TPSA) is 78.9 Å². The standard InChI is InChI=1S/C32H46N2O4S/c1-7-10-21-12-9-13-29(38-6)26(21)18-34-17-23(16-27(34)32(37)33-5)39-31-19(3)22-14-25(24(31)11-8-2)30(20(4)35)28(36)15-22/h9,12-13,15,20,23-25,27,30,35H,7-8,10-11,14,16-18H2,1-6H3,(H,33,37). The Morgan fingerprint density at radius 3 is 2.69 bits per heavy atom. The largest absolute Gasteiger partial charge is 0.496 e. The highest BCUT2D eigenvalue weighted by molar-refractivity contribution is 8.03. The van der Waals surface area contributed by atoms with Crippen molar-refractivity contribution in [1.29, 1.82) is 0 Å². The van der Waals surface area contributed by atoms with Gasteiger partial charge in [-0.1, -0.05) is 38.8 Å². The second-order valence-corrected chi connectivity index (χ2v) is 12.8. The van der Waals surface area contributed by atoms with Crippen LogP contribution in [0.4, 0.5) is 0 Å². The summed E-state index contributed by atoms with van der Waals surface area (Å²) >= 11 is 1.92. The van der Waals surface area contributed by atoms with Crippen LogP contribution < -0.4 is 10.1 Å². The van der Waals surface area contributed by atoms with Crippen LogP contribution in [0.15, 0.2) is 40.3 Å². The Labute approximate surface area is 238 Å². The minimum Gasteiger partial charge on any atom is -0.496 e. The van der Waals surface area contributed by atoms with Crippen molar-refractivity contribution in [2.24, 2.45) is 17.8 Å². The number of nitrogens with one attached hydrogen (secondary N) is 1. The number of carbonyl (C=O) groups excluding carboxylic acids is 2. The summed E-state index contributed by atoms with van der Waals surface area (Å²) < 4.78 is 5.75. The number of ketones is 1. The third-order valence-corrected chi connectivity index (χ3v) is 10.5. The van der Waals surface area contributed by atoms with Crippen LogP contribution in [0.2, 0.25) is 0 Å². The van der Waals surface area contributed by atoms with Crippen molar-refractivity contribution in [3.63, 3.8) is 0 Å². The van der Waals surface area contributed by atoms with Gasteiger partial charge in [0.15, 0.2) is 5.78 Å². The number of thioether (sulfide) groups is 1. The van der Waals surface area contributed by atoms with E-state index in [0.29, 0.717) is 6.54 Å². The molecule has 1 aromatic rings. The zero-order valence-electron chi connectivity index (χ0n) is 24.5. The van der Waals surface area contributed by atoms with E-state index in [1.165, 1.54) is 21.6 Å². The molecule has 214 valence electrons. The molecule has 0 radical (unpaired) electrons. The summed E-state index contributed by atoms with van der Waals surface area (Å²) in [4.78, 5) is 29.7. The van der Waals surface area contributed by atoms with Crippen molar-refractivity contribution in [2.75, 3.05) is 20.7 Å². The Morgan fingerprint density at radius 2 is 2.05 bits per heavy atom. The van der Waals surface area contributed by atoms with Gasteiger partial charge in [-0.3, -0.25) is 14.5 Å². The van der Waals surface area contributed by atoms with Gasteiger partial charge in [0.25, 0.3) is 0 Å². The molecule has 1 heterocycles. The Bertz CT molecular complexity index is 1130. The summed E-state index contributed by atoms with van der Waals surface area (Å²) in [5.41, 5.74) is 4.83. The molecule has 6 nitrogen and oxygen atoms in total. The lowest BCUT2D eigenvalue weighted by Crippen LogP contribution is -2.42. The highest BCUT2D eigenvalue weighted by Crippen LogP contribution is 2.52. The molecule has 2 bridgehead atoms. The van der Waals surface area contributed by atoms with Crippen LogP contribution in [0.1, 0.15) is 70.9 Å². The molecule has 1 amide bonds. The molecule has 6 unspecified atom stereocenters. The number of rotatable bonds is 11. The predicted molar refractivity (Wildman–Crippen MR) is 159 cm³/mol. The first kappa shape index (κ1) is 29.9. The van der Waals surface area contributed by atoms with Crippen molar-refractivity contribution in [1.82, 2.24) is 10.2 Å². The van der Waals surface area contributed by atoms with E-state index in [4.69, 9.17) is 4.74 Å². The number of nitrogens with zero attached hydrogens (tertiary/aromatic N) is 1. The highest BCUT2D eigenvalue weighted by atomic mass is 32.2. The highest BCUT2D eigenvalue weighted by Gasteiger charge is 2.46. The molecular formula is C32H46N2O4S. The molecule has 4 rings (SSSR count). The van der Waals surface area contributed by atoms with E-state index in [9.17, 15) is 14.7 Å². The van der Waals surface area contributed by atoms with E-state index in [0.717, 1.165) is 56.4 Å². The number of likely N-dealkylation sites (tertiary alicyclic amines) is 1. The Kier molecular flexibility index (Phi) is 10.00. The number of fused-ring (bicyclic) bond motifs is 2. The Hall–Kier alpha value is -2.09. The van der Waals surface area contributed by atoms with Crippen LogP contribution in [0.5, 0.6) is 5.75 Å². The molecule has 1 aliphatic heterocycles. The number of carbonyl (C=O) groups is 2.